The number of hydrogen-bond acceptors (Lipinski definition) is 4. The van der Waals surface area contributed by atoms with E-state index in [0.717, 1.165) is 26.1 Å². The molecular formula is C20H26N2O2. The molecule has 2 saturated heterocycles. The molecule has 2 heterocycles. The average molecular weight is 326 g/mol. The average Bonchev–Trinajstić information content (AvgIpc) is 3.42. The minimum atomic E-state index is -0.728. The van der Waals surface area contributed by atoms with Crippen LogP contribution < -0.4 is 11.5 Å². The Balaban J connectivity index is 1.78. The largest absolute Gasteiger partial charge is 0.373 e. The smallest absolute Gasteiger partial charge is 0.0867 e. The van der Waals surface area contributed by atoms with Crippen molar-refractivity contribution in [2.24, 2.45) is 11.5 Å². The first-order chi connectivity index (χ1) is 11.4. The number of aryl methyl sites for hydroxylation is 1. The molecule has 4 heteroatoms. The van der Waals surface area contributed by atoms with E-state index in [9.17, 15) is 0 Å². The van der Waals surface area contributed by atoms with Crippen molar-refractivity contribution in [3.8, 4) is 0 Å². The first-order valence-electron chi connectivity index (χ1n) is 8.75. The summed E-state index contributed by atoms with van der Waals surface area (Å²) in [4.78, 5) is 0. The van der Waals surface area contributed by atoms with Gasteiger partial charge in [-0.1, -0.05) is 18.2 Å². The van der Waals surface area contributed by atoms with Gasteiger partial charge in [-0.05, 0) is 53.3 Å². The first-order valence-corrected chi connectivity index (χ1v) is 8.75. The molecule has 0 radical (unpaired) electrons. The maximum atomic E-state index is 6.01. The number of epoxide rings is 2. The van der Waals surface area contributed by atoms with Crippen molar-refractivity contribution in [3.63, 3.8) is 0 Å². The van der Waals surface area contributed by atoms with E-state index in [4.69, 9.17) is 20.9 Å². The van der Waals surface area contributed by atoms with Crippen molar-refractivity contribution < 1.29 is 9.47 Å². The summed E-state index contributed by atoms with van der Waals surface area (Å²) in [6.45, 7) is 6.17. The molecule has 0 bridgehead atoms. The fourth-order valence-corrected chi connectivity index (χ4v) is 3.50. The highest BCUT2D eigenvalue weighted by atomic mass is 16.6. The third-order valence-electron chi connectivity index (χ3n) is 5.32. The summed E-state index contributed by atoms with van der Waals surface area (Å²) < 4.78 is 11.0. The molecule has 4 N–H and O–H groups in total. The fourth-order valence-electron chi connectivity index (χ4n) is 3.50. The molecule has 4 rings (SSSR count). The van der Waals surface area contributed by atoms with Crippen molar-refractivity contribution >= 4 is 5.57 Å². The zero-order valence-corrected chi connectivity index (χ0v) is 14.5. The second kappa shape index (κ2) is 5.81. The molecule has 4 nitrogen and oxygen atoms in total. The molecule has 0 spiro atoms. The fraction of sp³-hybridized carbons (Fsp3) is 0.500. The van der Waals surface area contributed by atoms with E-state index in [1.165, 1.54) is 33.4 Å². The molecular weight excluding hydrogens is 300 g/mol. The Bertz CT molecular complexity index is 726. The van der Waals surface area contributed by atoms with Crippen LogP contribution >= 0.6 is 0 Å². The van der Waals surface area contributed by atoms with Crippen LogP contribution in [0.2, 0.25) is 0 Å². The molecule has 24 heavy (non-hydrogen) atoms. The lowest BCUT2D eigenvalue weighted by Crippen LogP contribution is -2.47. The number of rotatable bonds is 5. The van der Waals surface area contributed by atoms with Gasteiger partial charge in [0.05, 0.1) is 31.1 Å². The van der Waals surface area contributed by atoms with E-state index < -0.39 is 5.66 Å². The third-order valence-corrected chi connectivity index (χ3v) is 5.32. The minimum Gasteiger partial charge on any atom is -0.373 e. The first kappa shape index (κ1) is 16.0. The van der Waals surface area contributed by atoms with Crippen LogP contribution in [0.15, 0.2) is 24.3 Å². The predicted molar refractivity (Wildman–Crippen MR) is 95.6 cm³/mol. The van der Waals surface area contributed by atoms with Crippen LogP contribution in [0.4, 0.5) is 0 Å². The van der Waals surface area contributed by atoms with Gasteiger partial charge in [-0.15, -0.1) is 0 Å². The molecule has 3 aliphatic rings. The van der Waals surface area contributed by atoms with E-state index in [0.29, 0.717) is 18.6 Å². The summed E-state index contributed by atoms with van der Waals surface area (Å²) >= 11 is 0. The molecule has 0 aromatic heterocycles. The van der Waals surface area contributed by atoms with Crippen molar-refractivity contribution in [2.75, 3.05) is 13.2 Å². The second-order valence-electron chi connectivity index (χ2n) is 7.45. The van der Waals surface area contributed by atoms with Crippen LogP contribution in [0.25, 0.3) is 5.57 Å². The normalized spacial score (nSPS) is 27.1. The van der Waals surface area contributed by atoms with Gasteiger partial charge in [0.25, 0.3) is 0 Å². The van der Waals surface area contributed by atoms with Gasteiger partial charge in [0.1, 0.15) is 0 Å². The molecule has 0 saturated carbocycles. The lowest BCUT2D eigenvalue weighted by atomic mass is 9.83. The van der Waals surface area contributed by atoms with Crippen LogP contribution in [0.1, 0.15) is 34.2 Å². The Hall–Kier alpha value is -1.46. The zero-order chi connectivity index (χ0) is 16.9. The van der Waals surface area contributed by atoms with E-state index in [-0.39, 0.29) is 0 Å². The third kappa shape index (κ3) is 3.33. The second-order valence-corrected chi connectivity index (χ2v) is 7.45. The summed E-state index contributed by atoms with van der Waals surface area (Å²) in [5.41, 5.74) is 19.4. The highest BCUT2D eigenvalue weighted by molar-refractivity contribution is 5.79. The van der Waals surface area contributed by atoms with Crippen molar-refractivity contribution in [2.45, 2.75) is 51.0 Å². The standard InChI is InChI=1S/C20H26N2O2/c1-12-7-18(14-3-5-20(21,22)6-4-14)19(9-16-11-24-16)17(13(12)2)8-15-10-23-15/h3-5,7,15-16H,6,8-11,21-22H2,1-2H3. The van der Waals surface area contributed by atoms with Gasteiger partial charge in [0.2, 0.25) is 0 Å². The topological polar surface area (TPSA) is 77.1 Å². The quantitative estimate of drug-likeness (QED) is 0.642. The molecule has 1 aromatic carbocycles. The minimum absolute atomic E-state index is 0.362. The maximum Gasteiger partial charge on any atom is 0.0867 e. The van der Waals surface area contributed by atoms with Gasteiger partial charge < -0.3 is 20.9 Å². The molecule has 2 aliphatic heterocycles. The molecule has 0 amide bonds. The maximum absolute atomic E-state index is 6.01. The lowest BCUT2D eigenvalue weighted by molar-refractivity contribution is 0.401. The number of hydrogen-bond donors (Lipinski definition) is 2. The number of ether oxygens (including phenoxy) is 2. The van der Waals surface area contributed by atoms with Gasteiger partial charge in [-0.3, -0.25) is 0 Å². The predicted octanol–water partition coefficient (Wildman–Crippen LogP) is 2.14. The van der Waals surface area contributed by atoms with E-state index in [1.807, 2.05) is 6.08 Å². The summed E-state index contributed by atoms with van der Waals surface area (Å²) in [6, 6.07) is 2.31. The molecule has 2 unspecified atom stereocenters. The Morgan fingerprint density at radius 2 is 1.71 bits per heavy atom. The van der Waals surface area contributed by atoms with E-state index >= 15 is 0 Å². The molecule has 128 valence electrons. The SMILES string of the molecule is Cc1cc(C2=CCC(N)(N)C=C2)c(CC2CO2)c(CC2CO2)c1C. The monoisotopic (exact) mass is 326 g/mol. The Kier molecular flexibility index (Phi) is 3.88. The lowest BCUT2D eigenvalue weighted by Gasteiger charge is -2.25. The Labute approximate surface area is 143 Å². The van der Waals surface area contributed by atoms with Crippen LogP contribution in [0.3, 0.4) is 0 Å². The van der Waals surface area contributed by atoms with Crippen molar-refractivity contribution in [3.05, 3.63) is 52.1 Å². The van der Waals surface area contributed by atoms with Crippen molar-refractivity contribution in [1.29, 1.82) is 0 Å². The van der Waals surface area contributed by atoms with Crippen LogP contribution in [0, 0.1) is 13.8 Å². The van der Waals surface area contributed by atoms with Gasteiger partial charge in [-0.2, -0.15) is 0 Å². The summed E-state index contributed by atoms with van der Waals surface area (Å²) in [5, 5.41) is 0. The van der Waals surface area contributed by atoms with Crippen LogP contribution in [0.5, 0.6) is 0 Å². The molecule has 2 atom stereocenters. The van der Waals surface area contributed by atoms with E-state index in [1.54, 1.807) is 0 Å². The molecule has 2 fully saturated rings. The number of benzene rings is 1. The summed E-state index contributed by atoms with van der Waals surface area (Å²) in [6.07, 6.45) is 9.53. The Morgan fingerprint density at radius 3 is 2.25 bits per heavy atom. The Morgan fingerprint density at radius 1 is 1.08 bits per heavy atom. The van der Waals surface area contributed by atoms with Crippen LogP contribution in [-0.4, -0.2) is 31.1 Å². The number of allylic oxidation sites excluding steroid dienone is 2. The zero-order valence-electron chi connectivity index (χ0n) is 14.5. The molecule has 1 aromatic rings. The highest BCUT2D eigenvalue weighted by Gasteiger charge is 2.31. The summed E-state index contributed by atoms with van der Waals surface area (Å²) in [7, 11) is 0. The van der Waals surface area contributed by atoms with Crippen LogP contribution in [-0.2, 0) is 22.3 Å². The van der Waals surface area contributed by atoms with Gasteiger partial charge in [-0.25, -0.2) is 0 Å². The van der Waals surface area contributed by atoms with Crippen molar-refractivity contribution in [1.82, 2.24) is 0 Å². The van der Waals surface area contributed by atoms with E-state index in [2.05, 4.69) is 32.1 Å². The molecule has 1 aliphatic carbocycles. The number of nitrogens with two attached hydrogens (primary N) is 2. The summed E-state index contributed by atoms with van der Waals surface area (Å²) in [5.74, 6) is 0. The van der Waals surface area contributed by atoms with Gasteiger partial charge >= 0.3 is 0 Å². The van der Waals surface area contributed by atoms with Gasteiger partial charge in [0, 0.05) is 19.3 Å². The highest BCUT2D eigenvalue weighted by Crippen LogP contribution is 2.35. The van der Waals surface area contributed by atoms with Gasteiger partial charge in [0.15, 0.2) is 0 Å².